The van der Waals surface area contributed by atoms with Gasteiger partial charge in [-0.15, -0.1) is 0 Å². The molecule has 2 aliphatic rings. The summed E-state index contributed by atoms with van der Waals surface area (Å²) in [6.45, 7) is 0. The van der Waals surface area contributed by atoms with Crippen LogP contribution in [0.3, 0.4) is 0 Å². The lowest BCUT2D eigenvalue weighted by Crippen LogP contribution is -2.50. The Kier molecular flexibility index (Phi) is 6.44. The number of carbonyl (C=O) groups excluding carboxylic acids is 2. The van der Waals surface area contributed by atoms with Gasteiger partial charge in [0.15, 0.2) is 6.19 Å². The van der Waals surface area contributed by atoms with Crippen molar-refractivity contribution >= 4 is 34.4 Å². The zero-order valence-corrected chi connectivity index (χ0v) is 16.1. The molecule has 0 bridgehead atoms. The quantitative estimate of drug-likeness (QED) is 0.308. The SMILES string of the molecule is CN(C#N)C(=O)[C@H](CC1CCCCC1)C1(I)C=CC=CC1C(N)=O. The van der Waals surface area contributed by atoms with E-state index in [9.17, 15) is 9.59 Å². The van der Waals surface area contributed by atoms with Gasteiger partial charge in [0.05, 0.1) is 15.3 Å². The molecule has 2 unspecified atom stereocenters. The fourth-order valence-corrected chi connectivity index (χ4v) is 5.03. The van der Waals surface area contributed by atoms with Gasteiger partial charge in [-0.3, -0.25) is 14.5 Å². The van der Waals surface area contributed by atoms with Crippen LogP contribution in [0.1, 0.15) is 38.5 Å². The van der Waals surface area contributed by atoms with E-state index in [2.05, 4.69) is 22.6 Å². The van der Waals surface area contributed by atoms with Crippen LogP contribution in [0.4, 0.5) is 0 Å². The molecule has 6 heteroatoms. The second-order valence-electron chi connectivity index (χ2n) is 6.74. The third kappa shape index (κ3) is 4.00. The van der Waals surface area contributed by atoms with Crippen molar-refractivity contribution in [2.24, 2.45) is 23.5 Å². The molecule has 3 atom stereocenters. The minimum Gasteiger partial charge on any atom is -0.369 e. The Morgan fingerprint density at radius 2 is 2.04 bits per heavy atom. The van der Waals surface area contributed by atoms with Crippen LogP contribution >= 0.6 is 22.6 Å². The largest absolute Gasteiger partial charge is 0.369 e. The number of nitriles is 1. The lowest BCUT2D eigenvalue weighted by molar-refractivity contribution is -0.133. The number of nitrogens with two attached hydrogens (primary N) is 1. The minimum atomic E-state index is -0.724. The molecule has 1 fully saturated rings. The molecule has 2 N–H and O–H groups in total. The van der Waals surface area contributed by atoms with Gasteiger partial charge < -0.3 is 5.73 Å². The van der Waals surface area contributed by atoms with Crippen molar-refractivity contribution in [1.29, 1.82) is 5.26 Å². The second-order valence-corrected chi connectivity index (χ2v) is 8.61. The average molecular weight is 441 g/mol. The van der Waals surface area contributed by atoms with Crippen molar-refractivity contribution in [2.75, 3.05) is 7.05 Å². The van der Waals surface area contributed by atoms with Crippen molar-refractivity contribution in [3.8, 4) is 6.19 Å². The lowest BCUT2D eigenvalue weighted by Gasteiger charge is -2.40. The Labute approximate surface area is 157 Å². The maximum Gasteiger partial charge on any atom is 0.240 e. The van der Waals surface area contributed by atoms with Crippen LogP contribution in [-0.4, -0.2) is 27.2 Å². The molecule has 0 radical (unpaired) electrons. The number of rotatable bonds is 5. The van der Waals surface area contributed by atoms with Gasteiger partial charge >= 0.3 is 0 Å². The van der Waals surface area contributed by atoms with Gasteiger partial charge in [-0.25, -0.2) is 0 Å². The fraction of sp³-hybridized carbons (Fsp3) is 0.611. The summed E-state index contributed by atoms with van der Waals surface area (Å²) in [5, 5.41) is 9.15. The van der Waals surface area contributed by atoms with E-state index in [0.717, 1.165) is 17.7 Å². The number of amides is 2. The normalized spacial score (nSPS) is 28.1. The number of carbonyl (C=O) groups is 2. The van der Waals surface area contributed by atoms with E-state index in [-0.39, 0.29) is 5.91 Å². The lowest BCUT2D eigenvalue weighted by atomic mass is 9.72. The Balaban J connectivity index is 2.34. The van der Waals surface area contributed by atoms with E-state index in [0.29, 0.717) is 12.3 Å². The molecule has 0 aromatic rings. The predicted octanol–water partition coefficient (Wildman–Crippen LogP) is 2.91. The van der Waals surface area contributed by atoms with Crippen LogP contribution < -0.4 is 5.73 Å². The Morgan fingerprint density at radius 1 is 1.38 bits per heavy atom. The maximum absolute atomic E-state index is 12.9. The van der Waals surface area contributed by atoms with E-state index in [1.165, 1.54) is 26.3 Å². The summed E-state index contributed by atoms with van der Waals surface area (Å²) in [6.07, 6.45) is 15.7. The molecular formula is C18H24IN3O2. The van der Waals surface area contributed by atoms with Gasteiger partial charge in [-0.2, -0.15) is 5.26 Å². The van der Waals surface area contributed by atoms with Crippen molar-refractivity contribution < 1.29 is 9.59 Å². The first-order valence-corrected chi connectivity index (χ1v) is 9.49. The number of hydrogen-bond donors (Lipinski definition) is 1. The number of alkyl halides is 1. The molecule has 0 aromatic carbocycles. The summed E-state index contributed by atoms with van der Waals surface area (Å²) < 4.78 is -0.724. The van der Waals surface area contributed by atoms with E-state index >= 15 is 0 Å². The van der Waals surface area contributed by atoms with Crippen molar-refractivity contribution in [3.05, 3.63) is 24.3 Å². The molecule has 0 aromatic heterocycles. The van der Waals surface area contributed by atoms with Gasteiger partial charge in [-0.1, -0.05) is 79.0 Å². The third-order valence-electron chi connectivity index (χ3n) is 5.16. The highest BCUT2D eigenvalue weighted by molar-refractivity contribution is 14.1. The van der Waals surface area contributed by atoms with Crippen LogP contribution in [0.25, 0.3) is 0 Å². The topological polar surface area (TPSA) is 87.2 Å². The molecule has 0 heterocycles. The van der Waals surface area contributed by atoms with Gasteiger partial charge in [-0.05, 0) is 12.3 Å². The van der Waals surface area contributed by atoms with Crippen LogP contribution in [0.15, 0.2) is 24.3 Å². The van der Waals surface area contributed by atoms with Gasteiger partial charge in [0.1, 0.15) is 0 Å². The molecule has 24 heavy (non-hydrogen) atoms. The zero-order chi connectivity index (χ0) is 17.7. The van der Waals surface area contributed by atoms with Crippen molar-refractivity contribution in [1.82, 2.24) is 4.90 Å². The summed E-state index contributed by atoms with van der Waals surface area (Å²) >= 11 is 2.19. The van der Waals surface area contributed by atoms with Crippen LogP contribution in [0.5, 0.6) is 0 Å². The summed E-state index contributed by atoms with van der Waals surface area (Å²) in [5.74, 6) is -1.20. The molecular weight excluding hydrogens is 417 g/mol. The monoisotopic (exact) mass is 441 g/mol. The number of nitrogens with zero attached hydrogens (tertiary/aromatic N) is 2. The van der Waals surface area contributed by atoms with Gasteiger partial charge in [0.25, 0.3) is 0 Å². The Morgan fingerprint density at radius 3 is 2.62 bits per heavy atom. The van der Waals surface area contributed by atoms with E-state index in [1.807, 2.05) is 18.3 Å². The molecule has 5 nitrogen and oxygen atoms in total. The third-order valence-corrected chi connectivity index (χ3v) is 6.94. The molecule has 130 valence electrons. The molecule has 0 saturated heterocycles. The highest BCUT2D eigenvalue weighted by Gasteiger charge is 2.48. The molecule has 2 amide bonds. The van der Waals surface area contributed by atoms with Crippen LogP contribution in [0, 0.1) is 29.2 Å². The summed E-state index contributed by atoms with van der Waals surface area (Å²) in [7, 11) is 1.48. The number of halogens is 1. The zero-order valence-electron chi connectivity index (χ0n) is 14.0. The fourth-order valence-electron chi connectivity index (χ4n) is 3.79. The highest BCUT2D eigenvalue weighted by Crippen LogP contribution is 2.45. The van der Waals surface area contributed by atoms with Gasteiger partial charge in [0, 0.05) is 7.05 Å². The Bertz CT molecular complexity index is 590. The number of hydrogen-bond acceptors (Lipinski definition) is 3. The van der Waals surface area contributed by atoms with Gasteiger partial charge in [0.2, 0.25) is 11.8 Å². The minimum absolute atomic E-state index is 0.233. The smallest absolute Gasteiger partial charge is 0.240 e. The van der Waals surface area contributed by atoms with Crippen LogP contribution in [-0.2, 0) is 9.59 Å². The number of primary amides is 1. The standard InChI is InChI=1S/C18H24IN3O2/c1-22(12-20)17(24)15(11-13-7-3-2-4-8-13)18(19)10-6-5-9-14(18)16(21)23/h5-6,9-10,13-15H,2-4,7-8,11H2,1H3,(H2,21,23)/t14?,15-,18?/m0/s1. The van der Waals surface area contributed by atoms with E-state index in [1.54, 1.807) is 12.2 Å². The van der Waals surface area contributed by atoms with E-state index in [4.69, 9.17) is 11.0 Å². The molecule has 2 rings (SSSR count). The maximum atomic E-state index is 12.9. The first-order chi connectivity index (χ1) is 11.4. The molecule has 0 aliphatic heterocycles. The molecule has 0 spiro atoms. The highest BCUT2D eigenvalue weighted by atomic mass is 127. The summed E-state index contributed by atoms with van der Waals surface area (Å²) in [4.78, 5) is 26.0. The Hall–Kier alpha value is -1.36. The van der Waals surface area contributed by atoms with Crippen molar-refractivity contribution in [2.45, 2.75) is 41.9 Å². The second kappa shape index (κ2) is 8.15. The van der Waals surface area contributed by atoms with Crippen molar-refractivity contribution in [3.63, 3.8) is 0 Å². The summed E-state index contributed by atoms with van der Waals surface area (Å²) in [5.41, 5.74) is 5.60. The first-order valence-electron chi connectivity index (χ1n) is 8.41. The number of allylic oxidation sites excluding steroid dienone is 3. The average Bonchev–Trinajstić information content (AvgIpc) is 2.59. The van der Waals surface area contributed by atoms with E-state index < -0.39 is 21.2 Å². The first kappa shape index (κ1) is 19.0. The predicted molar refractivity (Wildman–Crippen MR) is 101 cm³/mol. The van der Waals surface area contributed by atoms with Crippen LogP contribution in [0.2, 0.25) is 0 Å². The molecule has 1 saturated carbocycles. The molecule has 2 aliphatic carbocycles. The summed E-state index contributed by atoms with van der Waals surface area (Å²) in [6, 6.07) is 0.